The van der Waals surface area contributed by atoms with Crippen LogP contribution in [0.1, 0.15) is 28.2 Å². The monoisotopic (exact) mass is 338 g/mol. The molecule has 0 radical (unpaired) electrons. The molecule has 1 heterocycles. The molecule has 0 aliphatic carbocycles. The molecule has 0 saturated carbocycles. The van der Waals surface area contributed by atoms with Gasteiger partial charge in [0.25, 0.3) is 5.91 Å². The van der Waals surface area contributed by atoms with Gasteiger partial charge >= 0.3 is 0 Å². The van der Waals surface area contributed by atoms with Crippen molar-refractivity contribution in [2.45, 2.75) is 13.3 Å². The molecule has 7 heteroatoms. The Morgan fingerprint density at radius 1 is 1.24 bits per heavy atom. The number of benzene rings is 1. The summed E-state index contributed by atoms with van der Waals surface area (Å²) in [6.07, 6.45) is 0.955. The summed E-state index contributed by atoms with van der Waals surface area (Å²) in [5.74, 6) is 0.135. The highest BCUT2D eigenvalue weighted by Gasteiger charge is 2.11. The van der Waals surface area contributed by atoms with Gasteiger partial charge in [-0.1, -0.05) is 0 Å². The maximum atomic E-state index is 12.4. The summed E-state index contributed by atoms with van der Waals surface area (Å²) in [4.78, 5) is 23.1. The highest BCUT2D eigenvalue weighted by molar-refractivity contribution is 6.03. The summed E-state index contributed by atoms with van der Waals surface area (Å²) in [5, 5.41) is 14.7. The van der Waals surface area contributed by atoms with Crippen molar-refractivity contribution in [3.05, 3.63) is 47.3 Å². The summed E-state index contributed by atoms with van der Waals surface area (Å²) in [5.41, 5.74) is 2.17. The van der Waals surface area contributed by atoms with Crippen LogP contribution in [0.15, 0.2) is 30.3 Å². The van der Waals surface area contributed by atoms with E-state index in [4.69, 9.17) is 5.26 Å². The third-order valence-corrected chi connectivity index (χ3v) is 3.42. The number of nitrogens with one attached hydrogen (secondary N) is 2. The van der Waals surface area contributed by atoms with Gasteiger partial charge in [0.2, 0.25) is 5.95 Å². The molecule has 2 N–H and O–H groups in total. The fourth-order valence-corrected chi connectivity index (χ4v) is 2.18. The average molecular weight is 338 g/mol. The van der Waals surface area contributed by atoms with Crippen LogP contribution in [0.2, 0.25) is 0 Å². The molecule has 1 aromatic heterocycles. The number of nitrogens with zero attached hydrogens (tertiary/aromatic N) is 4. The van der Waals surface area contributed by atoms with Crippen LogP contribution in [0.5, 0.6) is 0 Å². The van der Waals surface area contributed by atoms with E-state index in [9.17, 15) is 4.79 Å². The van der Waals surface area contributed by atoms with Crippen molar-refractivity contribution < 1.29 is 4.79 Å². The fourth-order valence-electron chi connectivity index (χ4n) is 2.18. The van der Waals surface area contributed by atoms with Gasteiger partial charge in [-0.15, -0.1) is 0 Å². The maximum Gasteiger partial charge on any atom is 0.274 e. The molecular formula is C18H22N6O. The minimum absolute atomic E-state index is 0.298. The molecule has 1 aromatic carbocycles. The van der Waals surface area contributed by atoms with Crippen LogP contribution >= 0.6 is 0 Å². The third-order valence-electron chi connectivity index (χ3n) is 3.42. The van der Waals surface area contributed by atoms with Gasteiger partial charge in [0.15, 0.2) is 0 Å². The molecule has 0 saturated heterocycles. The van der Waals surface area contributed by atoms with Gasteiger partial charge in [0.05, 0.1) is 11.6 Å². The second kappa shape index (κ2) is 8.76. The highest BCUT2D eigenvalue weighted by atomic mass is 16.1. The number of carbonyl (C=O) groups is 1. The maximum absolute atomic E-state index is 12.4. The van der Waals surface area contributed by atoms with Crippen LogP contribution in [-0.2, 0) is 0 Å². The zero-order chi connectivity index (χ0) is 18.2. The van der Waals surface area contributed by atoms with Crippen LogP contribution < -0.4 is 10.6 Å². The molecule has 0 fully saturated rings. The van der Waals surface area contributed by atoms with Crippen molar-refractivity contribution in [2.24, 2.45) is 0 Å². The molecule has 0 bridgehead atoms. The van der Waals surface area contributed by atoms with Crippen molar-refractivity contribution in [3.8, 4) is 6.07 Å². The zero-order valence-corrected chi connectivity index (χ0v) is 14.7. The van der Waals surface area contributed by atoms with Crippen LogP contribution in [0, 0.1) is 18.3 Å². The van der Waals surface area contributed by atoms with Gasteiger partial charge in [-0.2, -0.15) is 5.26 Å². The summed E-state index contributed by atoms with van der Waals surface area (Å²) >= 11 is 0. The number of rotatable bonds is 7. The molecule has 7 nitrogen and oxygen atoms in total. The third kappa shape index (κ3) is 5.86. The first kappa shape index (κ1) is 18.4. The minimum Gasteiger partial charge on any atom is -0.354 e. The molecule has 2 rings (SSSR count). The second-order valence-electron chi connectivity index (χ2n) is 5.95. The summed E-state index contributed by atoms with van der Waals surface area (Å²) < 4.78 is 0. The molecule has 0 atom stereocenters. The minimum atomic E-state index is -0.313. The Morgan fingerprint density at radius 3 is 2.60 bits per heavy atom. The lowest BCUT2D eigenvalue weighted by Crippen LogP contribution is -2.19. The Labute approximate surface area is 147 Å². The number of hydrogen-bond donors (Lipinski definition) is 2. The van der Waals surface area contributed by atoms with E-state index in [1.165, 1.54) is 0 Å². The molecule has 25 heavy (non-hydrogen) atoms. The highest BCUT2D eigenvalue weighted by Crippen LogP contribution is 2.12. The summed E-state index contributed by atoms with van der Waals surface area (Å²) in [6.45, 7) is 3.52. The Hall–Kier alpha value is -2.98. The largest absolute Gasteiger partial charge is 0.354 e. The fraction of sp³-hybridized carbons (Fsp3) is 0.333. The summed E-state index contributed by atoms with van der Waals surface area (Å²) in [6, 6.07) is 10.4. The van der Waals surface area contributed by atoms with Gasteiger partial charge in [-0.3, -0.25) is 4.79 Å². The number of aromatic nitrogens is 2. The van der Waals surface area contributed by atoms with E-state index in [1.54, 1.807) is 30.3 Å². The van der Waals surface area contributed by atoms with E-state index in [-0.39, 0.29) is 5.91 Å². The number of carbonyl (C=O) groups excluding carboxylic acids is 1. The van der Waals surface area contributed by atoms with Crippen molar-refractivity contribution in [2.75, 3.05) is 37.8 Å². The van der Waals surface area contributed by atoms with E-state index < -0.39 is 0 Å². The zero-order valence-electron chi connectivity index (χ0n) is 14.7. The quantitative estimate of drug-likeness (QED) is 0.752. The van der Waals surface area contributed by atoms with E-state index >= 15 is 0 Å². The van der Waals surface area contributed by atoms with E-state index in [0.29, 0.717) is 22.9 Å². The van der Waals surface area contributed by atoms with E-state index in [0.717, 1.165) is 25.2 Å². The molecular weight excluding hydrogens is 316 g/mol. The lowest BCUT2D eigenvalue weighted by molar-refractivity contribution is 0.102. The van der Waals surface area contributed by atoms with Crippen molar-refractivity contribution >= 4 is 17.5 Å². The molecule has 0 spiro atoms. The van der Waals surface area contributed by atoms with Crippen molar-refractivity contribution in [3.63, 3.8) is 0 Å². The normalized spacial score (nSPS) is 10.4. The first-order valence-corrected chi connectivity index (χ1v) is 8.04. The standard InChI is InChI=1S/C18H22N6O/c1-13-11-16(23-18(21-13)20-9-4-10-24(2)3)17(25)22-15-7-5-14(12-19)6-8-15/h5-8,11H,4,9-10H2,1-3H3,(H,22,25)(H,20,21,23). The van der Waals surface area contributed by atoms with Crippen molar-refractivity contribution in [1.29, 1.82) is 5.26 Å². The molecule has 130 valence electrons. The van der Waals surface area contributed by atoms with Gasteiger partial charge in [0.1, 0.15) is 5.69 Å². The van der Waals surface area contributed by atoms with Gasteiger partial charge in [-0.25, -0.2) is 9.97 Å². The van der Waals surface area contributed by atoms with Gasteiger partial charge in [0, 0.05) is 17.9 Å². The van der Waals surface area contributed by atoms with E-state index in [2.05, 4.69) is 25.5 Å². The Kier molecular flexibility index (Phi) is 6.43. The summed E-state index contributed by atoms with van der Waals surface area (Å²) in [7, 11) is 4.05. The van der Waals surface area contributed by atoms with Gasteiger partial charge in [-0.05, 0) is 64.3 Å². The van der Waals surface area contributed by atoms with Crippen molar-refractivity contribution in [1.82, 2.24) is 14.9 Å². The van der Waals surface area contributed by atoms with Crippen LogP contribution in [-0.4, -0.2) is 48.0 Å². The molecule has 0 unspecified atom stereocenters. The van der Waals surface area contributed by atoms with Crippen LogP contribution in [0.3, 0.4) is 0 Å². The smallest absolute Gasteiger partial charge is 0.274 e. The molecule has 0 aliphatic heterocycles. The predicted molar refractivity (Wildman–Crippen MR) is 97.5 cm³/mol. The lowest BCUT2D eigenvalue weighted by Gasteiger charge is -2.11. The molecule has 2 aromatic rings. The SMILES string of the molecule is Cc1cc(C(=O)Nc2ccc(C#N)cc2)nc(NCCCN(C)C)n1. The van der Waals surface area contributed by atoms with Crippen LogP contribution in [0.4, 0.5) is 11.6 Å². The Morgan fingerprint density at radius 2 is 1.96 bits per heavy atom. The second-order valence-corrected chi connectivity index (χ2v) is 5.95. The van der Waals surface area contributed by atoms with Crippen LogP contribution in [0.25, 0.3) is 0 Å². The van der Waals surface area contributed by atoms with E-state index in [1.807, 2.05) is 27.1 Å². The van der Waals surface area contributed by atoms with Gasteiger partial charge < -0.3 is 15.5 Å². The molecule has 0 aliphatic rings. The topological polar surface area (TPSA) is 93.9 Å². The lowest BCUT2D eigenvalue weighted by atomic mass is 10.2. The Bertz CT molecular complexity index is 764. The predicted octanol–water partition coefficient (Wildman–Crippen LogP) is 2.27. The number of anilines is 2. The number of hydrogen-bond acceptors (Lipinski definition) is 6. The first-order valence-electron chi connectivity index (χ1n) is 8.04. The number of nitriles is 1. The number of aryl methyl sites for hydroxylation is 1. The average Bonchev–Trinajstić information content (AvgIpc) is 2.59. The Balaban J connectivity index is 2.02. The first-order chi connectivity index (χ1) is 12.0. The number of amides is 1. The molecule has 1 amide bonds.